The summed E-state index contributed by atoms with van der Waals surface area (Å²) in [6.45, 7) is 1.50. The molecule has 0 unspecified atom stereocenters. The van der Waals surface area contributed by atoms with E-state index in [0.717, 1.165) is 0 Å². The number of hydrogen-bond acceptors (Lipinski definition) is 10. The zero-order chi connectivity index (χ0) is 25.2. The van der Waals surface area contributed by atoms with Crippen LogP contribution in [0.1, 0.15) is 37.7 Å². The van der Waals surface area contributed by atoms with Gasteiger partial charge in [-0.3, -0.25) is 9.29 Å². The fraction of sp³-hybridized carbons (Fsp3) is 0.476. The van der Waals surface area contributed by atoms with Crippen LogP contribution < -0.4 is 9.46 Å². The highest BCUT2D eigenvalue weighted by atomic mass is 35.5. The van der Waals surface area contributed by atoms with Crippen LogP contribution in [0.25, 0.3) is 11.5 Å². The summed E-state index contributed by atoms with van der Waals surface area (Å²) in [5.74, 6) is 1.09. The van der Waals surface area contributed by atoms with Crippen LogP contribution in [0.2, 0.25) is 5.02 Å². The van der Waals surface area contributed by atoms with Crippen molar-refractivity contribution in [2.45, 2.75) is 43.3 Å². The third-order valence-corrected chi connectivity index (χ3v) is 7.81. The molecule has 0 bridgehead atoms. The number of aromatic nitrogens is 6. The highest BCUT2D eigenvalue weighted by molar-refractivity contribution is 7.93. The zero-order valence-corrected chi connectivity index (χ0v) is 21.2. The van der Waals surface area contributed by atoms with E-state index in [2.05, 4.69) is 29.9 Å². The highest BCUT2D eigenvalue weighted by Gasteiger charge is 2.38. The summed E-state index contributed by atoms with van der Waals surface area (Å²) >= 11 is 5.86. The van der Waals surface area contributed by atoms with E-state index in [1.54, 1.807) is 29.9 Å². The van der Waals surface area contributed by atoms with Crippen LogP contribution in [0.4, 0.5) is 5.95 Å². The summed E-state index contributed by atoms with van der Waals surface area (Å²) < 4.78 is 47.1. The van der Waals surface area contributed by atoms with Gasteiger partial charge in [-0.05, 0) is 25.8 Å². The van der Waals surface area contributed by atoms with E-state index in [9.17, 15) is 8.42 Å². The van der Waals surface area contributed by atoms with Gasteiger partial charge in [0.25, 0.3) is 0 Å². The average Bonchev–Trinajstić information content (AvgIpc) is 3.22. The van der Waals surface area contributed by atoms with Crippen molar-refractivity contribution in [1.29, 1.82) is 0 Å². The van der Waals surface area contributed by atoms with Crippen LogP contribution >= 0.6 is 11.6 Å². The molecule has 1 saturated carbocycles. The Morgan fingerprint density at radius 3 is 2.49 bits per heavy atom. The second-order valence-electron chi connectivity index (χ2n) is 8.03. The van der Waals surface area contributed by atoms with Gasteiger partial charge in [0.05, 0.1) is 18.2 Å². The molecular formula is C21H26ClN7O5S. The molecule has 14 heteroatoms. The van der Waals surface area contributed by atoms with Crippen molar-refractivity contribution in [2.75, 3.05) is 26.1 Å². The van der Waals surface area contributed by atoms with E-state index < -0.39 is 21.4 Å². The Bertz CT molecular complexity index is 1270. The fourth-order valence-corrected chi connectivity index (χ4v) is 5.07. The summed E-state index contributed by atoms with van der Waals surface area (Å²) in [5, 5.41) is 7.67. The number of anilines is 1. The van der Waals surface area contributed by atoms with Crippen LogP contribution in [0.3, 0.4) is 0 Å². The molecule has 3 heterocycles. The zero-order valence-electron chi connectivity index (χ0n) is 19.6. The average molecular weight is 524 g/mol. The number of halogens is 1. The molecule has 2 atom stereocenters. The molecule has 0 aromatic carbocycles. The molecule has 1 N–H and O–H groups in total. The van der Waals surface area contributed by atoms with Crippen LogP contribution in [-0.4, -0.2) is 70.8 Å². The van der Waals surface area contributed by atoms with Crippen molar-refractivity contribution in [2.24, 2.45) is 0 Å². The van der Waals surface area contributed by atoms with Crippen LogP contribution in [0.5, 0.6) is 5.88 Å². The normalized spacial score (nSPS) is 19.6. The highest BCUT2D eigenvalue weighted by Crippen LogP contribution is 2.39. The third-order valence-electron chi connectivity index (χ3n) is 5.92. The van der Waals surface area contributed by atoms with Crippen molar-refractivity contribution in [3.8, 4) is 17.4 Å². The molecule has 3 aromatic heterocycles. The Kier molecular flexibility index (Phi) is 7.50. The molecule has 0 radical (unpaired) electrons. The Morgan fingerprint density at radius 2 is 1.86 bits per heavy atom. The Hall–Kier alpha value is -2.87. The lowest BCUT2D eigenvalue weighted by Crippen LogP contribution is -2.36. The summed E-state index contributed by atoms with van der Waals surface area (Å²) in [6.07, 6.45) is 3.24. The molecule has 35 heavy (non-hydrogen) atoms. The van der Waals surface area contributed by atoms with E-state index in [1.165, 1.54) is 33.5 Å². The number of nitrogens with one attached hydrogen (secondary N) is 1. The molecule has 0 saturated heterocycles. The van der Waals surface area contributed by atoms with Crippen LogP contribution in [-0.2, 0) is 19.5 Å². The molecule has 0 amide bonds. The van der Waals surface area contributed by atoms with Crippen molar-refractivity contribution in [1.82, 2.24) is 29.7 Å². The minimum Gasteiger partial charge on any atom is -0.481 e. The first kappa shape index (κ1) is 25.2. The first-order chi connectivity index (χ1) is 16.8. The SMILES string of the molecule is COc1cccc(-c2nnc(NS(=O)(=O)[C@@H](C)[C@H](OC)c3ncc(Cl)cn3)n2[C@H]2C[C@H](OC)C2)n1. The molecule has 0 aliphatic heterocycles. The van der Waals surface area contributed by atoms with E-state index in [-0.39, 0.29) is 23.9 Å². The summed E-state index contributed by atoms with van der Waals surface area (Å²) in [5.41, 5.74) is 0.501. The molecule has 1 aliphatic carbocycles. The van der Waals surface area contributed by atoms with Crippen molar-refractivity contribution < 1.29 is 22.6 Å². The number of hydrogen-bond donors (Lipinski definition) is 1. The monoisotopic (exact) mass is 523 g/mol. The molecule has 188 valence electrons. The molecule has 0 spiro atoms. The van der Waals surface area contributed by atoms with E-state index in [0.29, 0.717) is 35.3 Å². The molecule has 1 aliphatic rings. The lowest BCUT2D eigenvalue weighted by molar-refractivity contribution is 0.00718. The maximum absolute atomic E-state index is 13.4. The van der Waals surface area contributed by atoms with Gasteiger partial charge in [0, 0.05) is 38.7 Å². The van der Waals surface area contributed by atoms with Gasteiger partial charge in [-0.25, -0.2) is 23.4 Å². The van der Waals surface area contributed by atoms with Crippen molar-refractivity contribution in [3.05, 3.63) is 41.4 Å². The first-order valence-corrected chi connectivity index (χ1v) is 12.7. The number of methoxy groups -OCH3 is 3. The standard InChI is InChI=1S/C21H26ClN7O5S/c1-12(18(34-4)19-23-10-13(22)11-24-19)35(30,31)28-21-27-26-20(16-6-5-7-17(25-16)33-3)29(21)14-8-15(9-14)32-2/h5-7,10-12,14-15,18H,8-9H2,1-4H3,(H,27,28)/t12-,14-,15-,18-/m0/s1. The number of sulfonamides is 1. The quantitative estimate of drug-likeness (QED) is 0.421. The molecule has 1 fully saturated rings. The topological polar surface area (TPSA) is 143 Å². The van der Waals surface area contributed by atoms with E-state index in [4.69, 9.17) is 25.8 Å². The van der Waals surface area contributed by atoms with Gasteiger partial charge in [-0.15, -0.1) is 10.2 Å². The van der Waals surface area contributed by atoms with E-state index in [1.807, 2.05) is 0 Å². The Labute approximate surface area is 208 Å². The van der Waals surface area contributed by atoms with Crippen molar-refractivity contribution in [3.63, 3.8) is 0 Å². The number of ether oxygens (including phenoxy) is 3. The molecular weight excluding hydrogens is 498 g/mol. The fourth-order valence-electron chi connectivity index (χ4n) is 3.83. The van der Waals surface area contributed by atoms with E-state index >= 15 is 0 Å². The van der Waals surface area contributed by atoms with Crippen LogP contribution in [0, 0.1) is 0 Å². The predicted molar refractivity (Wildman–Crippen MR) is 128 cm³/mol. The maximum atomic E-state index is 13.4. The minimum absolute atomic E-state index is 0.0665. The van der Waals surface area contributed by atoms with Gasteiger partial charge in [0.1, 0.15) is 17.0 Å². The van der Waals surface area contributed by atoms with Gasteiger partial charge in [0.15, 0.2) is 11.6 Å². The summed E-state index contributed by atoms with van der Waals surface area (Å²) in [6, 6.07) is 5.17. The summed E-state index contributed by atoms with van der Waals surface area (Å²) in [7, 11) is 0.543. The largest absolute Gasteiger partial charge is 0.481 e. The third kappa shape index (κ3) is 5.22. The second kappa shape index (κ2) is 10.4. The van der Waals surface area contributed by atoms with Gasteiger partial charge < -0.3 is 14.2 Å². The maximum Gasteiger partial charge on any atom is 0.240 e. The van der Waals surface area contributed by atoms with Gasteiger partial charge >= 0.3 is 0 Å². The minimum atomic E-state index is -4.01. The molecule has 3 aromatic rings. The smallest absolute Gasteiger partial charge is 0.240 e. The lowest BCUT2D eigenvalue weighted by Gasteiger charge is -2.36. The number of pyridine rings is 1. The number of rotatable bonds is 10. The molecule has 12 nitrogen and oxygen atoms in total. The predicted octanol–water partition coefficient (Wildman–Crippen LogP) is 2.66. The van der Waals surface area contributed by atoms with Gasteiger partial charge in [-0.1, -0.05) is 17.7 Å². The molecule has 4 rings (SSSR count). The Morgan fingerprint density at radius 1 is 1.14 bits per heavy atom. The van der Waals surface area contributed by atoms with Gasteiger partial charge in [-0.2, -0.15) is 0 Å². The van der Waals surface area contributed by atoms with Crippen LogP contribution in [0.15, 0.2) is 30.6 Å². The Balaban J connectivity index is 1.67. The first-order valence-electron chi connectivity index (χ1n) is 10.8. The second-order valence-corrected chi connectivity index (χ2v) is 10.5. The lowest BCUT2D eigenvalue weighted by atomic mass is 9.89. The van der Waals surface area contributed by atoms with Crippen molar-refractivity contribution >= 4 is 27.6 Å². The number of nitrogens with zero attached hydrogens (tertiary/aromatic N) is 6. The summed E-state index contributed by atoms with van der Waals surface area (Å²) in [4.78, 5) is 12.7. The van der Waals surface area contributed by atoms with Gasteiger partial charge in [0.2, 0.25) is 21.9 Å².